The number of benzene rings is 2. The molecule has 5 heteroatoms. The van der Waals surface area contributed by atoms with E-state index in [1.807, 2.05) is 34.9 Å². The summed E-state index contributed by atoms with van der Waals surface area (Å²) < 4.78 is 16.6. The lowest BCUT2D eigenvalue weighted by Gasteiger charge is -2.34. The summed E-state index contributed by atoms with van der Waals surface area (Å²) in [6.45, 7) is 0. The van der Waals surface area contributed by atoms with Gasteiger partial charge in [0.25, 0.3) is 0 Å². The van der Waals surface area contributed by atoms with Crippen LogP contribution in [0.25, 0.3) is 11.0 Å². The van der Waals surface area contributed by atoms with Crippen molar-refractivity contribution in [3.63, 3.8) is 0 Å². The van der Waals surface area contributed by atoms with Gasteiger partial charge in [-0.2, -0.15) is 0 Å². The zero-order valence-corrected chi connectivity index (χ0v) is 13.5. The molecule has 1 aliphatic heterocycles. The summed E-state index contributed by atoms with van der Waals surface area (Å²) in [5, 5.41) is 3.33. The van der Waals surface area contributed by atoms with Crippen LogP contribution >= 0.6 is 0 Å². The average molecular weight is 333 g/mol. The minimum atomic E-state index is -0.479. The highest BCUT2D eigenvalue weighted by atomic mass is 19.1. The molecule has 2 aliphatic rings. The largest absolute Gasteiger partial charge is 0.329 e. The molecule has 1 atom stereocenters. The smallest absolute Gasteiger partial charge is 0.209 e. The molecule has 0 spiro atoms. The number of halogens is 1. The number of Topliss-reactive ketones (excluding diaryl/α,β-unsaturated/α-hetero) is 1. The van der Waals surface area contributed by atoms with Crippen LogP contribution in [0, 0.1) is 5.82 Å². The van der Waals surface area contributed by atoms with Gasteiger partial charge >= 0.3 is 0 Å². The van der Waals surface area contributed by atoms with Crippen molar-refractivity contribution in [2.75, 3.05) is 5.32 Å². The number of fused-ring (bicyclic) bond motifs is 3. The van der Waals surface area contributed by atoms with Crippen LogP contribution in [-0.2, 0) is 4.79 Å². The molecule has 124 valence electrons. The summed E-state index contributed by atoms with van der Waals surface area (Å²) in [4.78, 5) is 17.4. The van der Waals surface area contributed by atoms with E-state index in [0.29, 0.717) is 23.5 Å². The van der Waals surface area contributed by atoms with Crippen molar-refractivity contribution in [2.45, 2.75) is 25.3 Å². The van der Waals surface area contributed by atoms with Crippen molar-refractivity contribution in [2.24, 2.45) is 0 Å². The van der Waals surface area contributed by atoms with E-state index in [0.717, 1.165) is 29.6 Å². The number of hydrogen-bond donors (Lipinski definition) is 1. The van der Waals surface area contributed by atoms with Gasteiger partial charge in [0, 0.05) is 23.3 Å². The third kappa shape index (κ3) is 2.05. The van der Waals surface area contributed by atoms with Gasteiger partial charge in [-0.3, -0.25) is 9.36 Å². The normalized spacial score (nSPS) is 19.6. The van der Waals surface area contributed by atoms with Gasteiger partial charge in [-0.25, -0.2) is 9.37 Å². The van der Waals surface area contributed by atoms with E-state index in [4.69, 9.17) is 0 Å². The number of nitrogens with one attached hydrogen (secondary N) is 1. The van der Waals surface area contributed by atoms with E-state index >= 15 is 0 Å². The van der Waals surface area contributed by atoms with Crippen LogP contribution < -0.4 is 5.32 Å². The molecule has 1 aromatic heterocycles. The van der Waals surface area contributed by atoms with E-state index in [9.17, 15) is 9.18 Å². The van der Waals surface area contributed by atoms with Crippen LogP contribution in [0.4, 0.5) is 10.3 Å². The Kier molecular flexibility index (Phi) is 3.04. The fourth-order valence-corrected chi connectivity index (χ4v) is 3.96. The number of aromatic nitrogens is 2. The number of carbonyl (C=O) groups excluding carboxylic acids is 1. The van der Waals surface area contributed by atoms with Crippen molar-refractivity contribution in [1.82, 2.24) is 9.55 Å². The maximum Gasteiger partial charge on any atom is 0.209 e. The SMILES string of the molecule is O=C1CCCC2=C1[C@@H](c1ccccc1F)n1c(nc3ccccc31)N2. The van der Waals surface area contributed by atoms with Gasteiger partial charge in [-0.05, 0) is 31.0 Å². The molecule has 0 radical (unpaired) electrons. The molecule has 1 N–H and O–H groups in total. The minimum Gasteiger partial charge on any atom is -0.329 e. The van der Waals surface area contributed by atoms with Crippen LogP contribution in [0.5, 0.6) is 0 Å². The molecule has 0 bridgehead atoms. The summed E-state index contributed by atoms with van der Waals surface area (Å²) >= 11 is 0. The number of nitrogens with zero attached hydrogens (tertiary/aromatic N) is 2. The lowest BCUT2D eigenvalue weighted by molar-refractivity contribution is -0.116. The standard InChI is InChI=1S/C20H16FN3O/c21-13-7-2-1-6-12(13)19-18-15(9-5-11-17(18)25)23-20-22-14-8-3-4-10-16(14)24(19)20/h1-4,6-8,10,19H,5,9,11H2,(H,22,23)/t19-/m1/s1. The molecular weight excluding hydrogens is 317 g/mol. The number of allylic oxidation sites excluding steroid dienone is 2. The molecule has 5 rings (SSSR count). The number of rotatable bonds is 1. The second-order valence-electron chi connectivity index (χ2n) is 6.51. The monoisotopic (exact) mass is 333 g/mol. The first-order valence-corrected chi connectivity index (χ1v) is 8.48. The maximum atomic E-state index is 14.7. The Morgan fingerprint density at radius 3 is 2.76 bits per heavy atom. The molecule has 2 heterocycles. The fraction of sp³-hybridized carbons (Fsp3) is 0.200. The highest BCUT2D eigenvalue weighted by Gasteiger charge is 2.37. The molecule has 3 aromatic rings. The molecule has 1 aliphatic carbocycles. The average Bonchev–Trinajstić information content (AvgIpc) is 2.99. The number of anilines is 1. The quantitative estimate of drug-likeness (QED) is 0.726. The highest BCUT2D eigenvalue weighted by molar-refractivity contribution is 6.00. The first-order valence-electron chi connectivity index (χ1n) is 8.48. The Balaban J connectivity index is 1.85. The van der Waals surface area contributed by atoms with Crippen LogP contribution in [-0.4, -0.2) is 15.3 Å². The Morgan fingerprint density at radius 1 is 1.08 bits per heavy atom. The van der Waals surface area contributed by atoms with Crippen molar-refractivity contribution >= 4 is 22.8 Å². The third-order valence-electron chi connectivity index (χ3n) is 5.05. The van der Waals surface area contributed by atoms with E-state index in [1.54, 1.807) is 12.1 Å². The van der Waals surface area contributed by atoms with Crippen molar-refractivity contribution < 1.29 is 9.18 Å². The maximum absolute atomic E-state index is 14.7. The molecule has 0 saturated carbocycles. The lowest BCUT2D eigenvalue weighted by atomic mass is 9.85. The Labute approximate surface area is 144 Å². The first kappa shape index (κ1) is 14.4. The molecule has 25 heavy (non-hydrogen) atoms. The van der Waals surface area contributed by atoms with Crippen LogP contribution in [0.2, 0.25) is 0 Å². The summed E-state index contributed by atoms with van der Waals surface area (Å²) in [5.74, 6) is 0.455. The highest BCUT2D eigenvalue weighted by Crippen LogP contribution is 2.43. The summed E-state index contributed by atoms with van der Waals surface area (Å²) in [7, 11) is 0. The topological polar surface area (TPSA) is 46.9 Å². The molecular formula is C20H16FN3O. The van der Waals surface area contributed by atoms with Crippen molar-refractivity contribution in [1.29, 1.82) is 0 Å². The van der Waals surface area contributed by atoms with Gasteiger partial charge in [-0.15, -0.1) is 0 Å². The first-order chi connectivity index (χ1) is 12.2. The van der Waals surface area contributed by atoms with Gasteiger partial charge < -0.3 is 5.32 Å². The second kappa shape index (κ2) is 5.28. The van der Waals surface area contributed by atoms with E-state index in [2.05, 4.69) is 10.3 Å². The Hall–Kier alpha value is -2.95. The van der Waals surface area contributed by atoms with Crippen molar-refractivity contribution in [3.05, 3.63) is 71.2 Å². The predicted molar refractivity (Wildman–Crippen MR) is 93.8 cm³/mol. The lowest BCUT2D eigenvalue weighted by Crippen LogP contribution is -2.31. The van der Waals surface area contributed by atoms with Crippen LogP contribution in [0.1, 0.15) is 30.9 Å². The number of hydrogen-bond acceptors (Lipinski definition) is 3. The molecule has 0 unspecified atom stereocenters. The molecule has 4 nitrogen and oxygen atoms in total. The van der Waals surface area contributed by atoms with Gasteiger partial charge in [0.1, 0.15) is 5.82 Å². The molecule has 0 amide bonds. The summed E-state index contributed by atoms with van der Waals surface area (Å²) in [6.07, 6.45) is 2.11. The molecule has 0 saturated heterocycles. The summed E-state index contributed by atoms with van der Waals surface area (Å²) in [6, 6.07) is 14.0. The minimum absolute atomic E-state index is 0.0884. The zero-order chi connectivity index (χ0) is 17.0. The number of para-hydroxylation sites is 2. The van der Waals surface area contributed by atoms with E-state index in [-0.39, 0.29) is 11.6 Å². The second-order valence-corrected chi connectivity index (χ2v) is 6.51. The predicted octanol–water partition coefficient (Wildman–Crippen LogP) is 4.20. The van der Waals surface area contributed by atoms with Gasteiger partial charge in [-0.1, -0.05) is 30.3 Å². The van der Waals surface area contributed by atoms with E-state index in [1.165, 1.54) is 6.07 Å². The Morgan fingerprint density at radius 2 is 1.88 bits per heavy atom. The zero-order valence-electron chi connectivity index (χ0n) is 13.5. The van der Waals surface area contributed by atoms with Crippen LogP contribution in [0.15, 0.2) is 59.8 Å². The number of imidazole rings is 1. The molecule has 2 aromatic carbocycles. The number of ketones is 1. The van der Waals surface area contributed by atoms with Gasteiger partial charge in [0.05, 0.1) is 17.1 Å². The van der Waals surface area contributed by atoms with Gasteiger partial charge in [0.15, 0.2) is 5.78 Å². The number of carbonyl (C=O) groups is 1. The van der Waals surface area contributed by atoms with Gasteiger partial charge in [0.2, 0.25) is 5.95 Å². The van der Waals surface area contributed by atoms with E-state index < -0.39 is 6.04 Å². The fourth-order valence-electron chi connectivity index (χ4n) is 3.96. The molecule has 0 fully saturated rings. The third-order valence-corrected chi connectivity index (χ3v) is 5.05. The van der Waals surface area contributed by atoms with Crippen LogP contribution in [0.3, 0.4) is 0 Å². The van der Waals surface area contributed by atoms with Crippen molar-refractivity contribution in [3.8, 4) is 0 Å². The Bertz CT molecular complexity index is 1050. The summed E-state index contributed by atoms with van der Waals surface area (Å²) in [5.41, 5.74) is 3.79.